The smallest absolute Gasteiger partial charge is 0.310 e. The van der Waals surface area contributed by atoms with Crippen LogP contribution in [0.4, 0.5) is 4.39 Å². The van der Waals surface area contributed by atoms with Crippen molar-refractivity contribution in [3.63, 3.8) is 0 Å². The molecule has 0 aliphatic carbocycles. The molecule has 0 aliphatic rings. The van der Waals surface area contributed by atoms with Crippen molar-refractivity contribution in [2.24, 2.45) is 0 Å². The van der Waals surface area contributed by atoms with Gasteiger partial charge >= 0.3 is 5.97 Å². The van der Waals surface area contributed by atoms with E-state index in [1.54, 1.807) is 0 Å². The molecule has 1 aromatic rings. The first-order valence-corrected chi connectivity index (χ1v) is 3.87. The Morgan fingerprint density at radius 3 is 2.43 bits per heavy atom. The summed E-state index contributed by atoms with van der Waals surface area (Å²) in [7, 11) is 0. The molecule has 14 heavy (non-hydrogen) atoms. The molecule has 3 N–H and O–H groups in total. The molecule has 0 spiro atoms. The van der Waals surface area contributed by atoms with E-state index in [0.717, 1.165) is 12.1 Å². The Labute approximate surface area is 79.2 Å². The highest BCUT2D eigenvalue weighted by atomic mass is 19.1. The van der Waals surface area contributed by atoms with Crippen LogP contribution in [0.15, 0.2) is 12.1 Å². The first kappa shape index (κ1) is 10.3. The van der Waals surface area contributed by atoms with Gasteiger partial charge in [0.2, 0.25) is 0 Å². The van der Waals surface area contributed by atoms with Gasteiger partial charge in [0.15, 0.2) is 17.3 Å². The molecule has 0 radical (unpaired) electrons. The first-order chi connectivity index (χ1) is 6.43. The highest BCUT2D eigenvalue weighted by Gasteiger charge is 2.17. The summed E-state index contributed by atoms with van der Waals surface area (Å²) >= 11 is 0. The summed E-state index contributed by atoms with van der Waals surface area (Å²) in [5.41, 5.74) is 0.102. The second-order valence-electron chi connectivity index (χ2n) is 2.93. The zero-order chi connectivity index (χ0) is 10.9. The van der Waals surface area contributed by atoms with Gasteiger partial charge in [-0.1, -0.05) is 0 Å². The maximum atomic E-state index is 12.9. The predicted octanol–water partition coefficient (Wildman–Crippen LogP) is 1.43. The number of phenols is 2. The summed E-state index contributed by atoms with van der Waals surface area (Å²) in [4.78, 5) is 10.5. The van der Waals surface area contributed by atoms with E-state index in [-0.39, 0.29) is 5.56 Å². The van der Waals surface area contributed by atoms with Crippen LogP contribution in [-0.4, -0.2) is 21.3 Å². The van der Waals surface area contributed by atoms with Crippen molar-refractivity contribution in [1.29, 1.82) is 0 Å². The number of aliphatic carboxylic acids is 1. The number of phenolic OH excluding ortho intramolecular Hbond substituents is 2. The van der Waals surface area contributed by atoms with Gasteiger partial charge in [-0.15, -0.1) is 0 Å². The van der Waals surface area contributed by atoms with Gasteiger partial charge in [0.05, 0.1) is 5.92 Å². The molecule has 1 aromatic carbocycles. The Balaban J connectivity index is 3.19. The fourth-order valence-electron chi connectivity index (χ4n) is 0.998. The lowest BCUT2D eigenvalue weighted by molar-refractivity contribution is -0.138. The number of carboxylic acids is 1. The number of carbonyl (C=O) groups is 1. The Morgan fingerprint density at radius 1 is 1.43 bits per heavy atom. The summed E-state index contributed by atoms with van der Waals surface area (Å²) in [6.07, 6.45) is 0. The fraction of sp³-hybridized carbons (Fsp3) is 0.222. The van der Waals surface area contributed by atoms with Crippen LogP contribution in [0.2, 0.25) is 0 Å². The summed E-state index contributed by atoms with van der Waals surface area (Å²) in [5.74, 6) is -4.63. The molecule has 0 fully saturated rings. The number of benzene rings is 1. The Bertz CT molecular complexity index is 352. The molecular formula is C9H9FO4. The second-order valence-corrected chi connectivity index (χ2v) is 2.93. The molecule has 0 aromatic heterocycles. The van der Waals surface area contributed by atoms with Crippen LogP contribution in [0.25, 0.3) is 0 Å². The predicted molar refractivity (Wildman–Crippen MR) is 45.8 cm³/mol. The van der Waals surface area contributed by atoms with Gasteiger partial charge in [-0.2, -0.15) is 0 Å². The van der Waals surface area contributed by atoms with Gasteiger partial charge < -0.3 is 15.3 Å². The molecule has 1 unspecified atom stereocenters. The third kappa shape index (κ3) is 1.76. The summed E-state index contributed by atoms with van der Waals surface area (Å²) in [6, 6.07) is 1.91. The monoisotopic (exact) mass is 200 g/mol. The van der Waals surface area contributed by atoms with Gasteiger partial charge in [-0.25, -0.2) is 4.39 Å². The van der Waals surface area contributed by atoms with Crippen molar-refractivity contribution in [3.8, 4) is 11.5 Å². The van der Waals surface area contributed by atoms with Crippen molar-refractivity contribution in [2.45, 2.75) is 12.8 Å². The van der Waals surface area contributed by atoms with Gasteiger partial charge in [-0.3, -0.25) is 4.79 Å². The van der Waals surface area contributed by atoms with Gasteiger partial charge in [0, 0.05) is 0 Å². The summed E-state index contributed by atoms with van der Waals surface area (Å²) in [5, 5.41) is 26.5. The molecule has 0 bridgehead atoms. The Morgan fingerprint density at radius 2 is 2.00 bits per heavy atom. The number of hydrogen-bond donors (Lipinski definition) is 3. The lowest BCUT2D eigenvalue weighted by atomic mass is 10.0. The largest absolute Gasteiger partial charge is 0.504 e. The van der Waals surface area contributed by atoms with Crippen molar-refractivity contribution < 1.29 is 24.5 Å². The SMILES string of the molecule is CC(C(=O)O)c1cc(O)c(O)c(F)c1. The van der Waals surface area contributed by atoms with E-state index in [2.05, 4.69) is 0 Å². The lowest BCUT2D eigenvalue weighted by Crippen LogP contribution is -2.07. The van der Waals surface area contributed by atoms with E-state index < -0.39 is 29.2 Å². The molecule has 1 rings (SSSR count). The van der Waals surface area contributed by atoms with Crippen LogP contribution in [0.3, 0.4) is 0 Å². The van der Waals surface area contributed by atoms with Crippen LogP contribution in [0.1, 0.15) is 18.4 Å². The number of halogens is 1. The van der Waals surface area contributed by atoms with Crippen molar-refractivity contribution in [2.75, 3.05) is 0 Å². The van der Waals surface area contributed by atoms with Gasteiger partial charge in [0.1, 0.15) is 0 Å². The molecule has 1 atom stereocenters. The molecule has 5 heteroatoms. The van der Waals surface area contributed by atoms with E-state index in [1.165, 1.54) is 6.92 Å². The molecule has 0 saturated heterocycles. The number of hydrogen-bond acceptors (Lipinski definition) is 3. The van der Waals surface area contributed by atoms with Crippen molar-refractivity contribution >= 4 is 5.97 Å². The van der Waals surface area contributed by atoms with E-state index in [0.29, 0.717) is 0 Å². The first-order valence-electron chi connectivity index (χ1n) is 3.87. The average molecular weight is 200 g/mol. The third-order valence-corrected chi connectivity index (χ3v) is 1.94. The Kier molecular flexibility index (Phi) is 2.60. The normalized spacial score (nSPS) is 12.4. The molecule has 0 amide bonds. The summed E-state index contributed by atoms with van der Waals surface area (Å²) in [6.45, 7) is 1.35. The van der Waals surface area contributed by atoms with E-state index >= 15 is 0 Å². The van der Waals surface area contributed by atoms with Crippen molar-refractivity contribution in [3.05, 3.63) is 23.5 Å². The van der Waals surface area contributed by atoms with Gasteiger partial charge in [0.25, 0.3) is 0 Å². The average Bonchev–Trinajstić information content (AvgIpc) is 2.12. The highest BCUT2D eigenvalue weighted by Crippen LogP contribution is 2.31. The van der Waals surface area contributed by atoms with Crippen molar-refractivity contribution in [1.82, 2.24) is 0 Å². The topological polar surface area (TPSA) is 77.8 Å². The summed E-state index contributed by atoms with van der Waals surface area (Å²) < 4.78 is 12.9. The molecule has 0 heterocycles. The number of carboxylic acid groups (broad SMARTS) is 1. The zero-order valence-electron chi connectivity index (χ0n) is 7.36. The van der Waals surface area contributed by atoms with E-state index in [9.17, 15) is 9.18 Å². The van der Waals surface area contributed by atoms with Crippen LogP contribution in [0.5, 0.6) is 11.5 Å². The van der Waals surface area contributed by atoms with E-state index in [1.807, 2.05) is 0 Å². The standard InChI is InChI=1S/C9H9FO4/c1-4(9(13)14)5-2-6(10)8(12)7(11)3-5/h2-4,11-12H,1H3,(H,13,14). The highest BCUT2D eigenvalue weighted by molar-refractivity contribution is 5.75. The molecule has 4 nitrogen and oxygen atoms in total. The van der Waals surface area contributed by atoms with Crippen LogP contribution in [0, 0.1) is 5.82 Å². The van der Waals surface area contributed by atoms with Crippen LogP contribution < -0.4 is 0 Å². The quantitative estimate of drug-likeness (QED) is 0.631. The van der Waals surface area contributed by atoms with Gasteiger partial charge in [-0.05, 0) is 24.6 Å². The minimum atomic E-state index is -1.13. The second kappa shape index (κ2) is 3.53. The lowest BCUT2D eigenvalue weighted by Gasteiger charge is -2.08. The number of rotatable bonds is 2. The Hall–Kier alpha value is -1.78. The number of aromatic hydroxyl groups is 2. The minimum Gasteiger partial charge on any atom is -0.504 e. The minimum absolute atomic E-state index is 0.102. The van der Waals surface area contributed by atoms with Crippen LogP contribution in [-0.2, 0) is 4.79 Å². The zero-order valence-corrected chi connectivity index (χ0v) is 7.36. The maximum Gasteiger partial charge on any atom is 0.310 e. The van der Waals surface area contributed by atoms with Crippen LogP contribution >= 0.6 is 0 Å². The third-order valence-electron chi connectivity index (χ3n) is 1.94. The molecule has 0 saturated carbocycles. The fourth-order valence-corrected chi connectivity index (χ4v) is 0.998. The molecular weight excluding hydrogens is 191 g/mol. The molecule has 76 valence electrons. The maximum absolute atomic E-state index is 12.9. The van der Waals surface area contributed by atoms with E-state index in [4.69, 9.17) is 15.3 Å². The molecule has 0 aliphatic heterocycles.